The minimum absolute atomic E-state index is 0.896. The molecule has 0 unspecified atom stereocenters. The van der Waals surface area contributed by atoms with Crippen molar-refractivity contribution in [1.82, 2.24) is 0 Å². The van der Waals surface area contributed by atoms with Crippen molar-refractivity contribution in [3.05, 3.63) is 352 Å². The lowest BCUT2D eigenvalue weighted by Gasteiger charge is -2.19. The third-order valence-corrected chi connectivity index (χ3v) is 20.6. The molecule has 21 rings (SSSR count). The lowest BCUT2D eigenvalue weighted by molar-refractivity contribution is 0.669. The molecule has 0 fully saturated rings. The second-order valence-electron chi connectivity index (χ2n) is 26.0. The minimum atomic E-state index is 0.896. The third-order valence-electron chi connectivity index (χ3n) is 20.6. The van der Waals surface area contributed by atoms with E-state index in [4.69, 9.17) is 8.83 Å². The van der Waals surface area contributed by atoms with E-state index >= 15 is 0 Å². The largest absolute Gasteiger partial charge is 0.455 e. The molecule has 19 aromatic carbocycles. The number of fused-ring (bicyclic) bond motifs is 16. The highest BCUT2D eigenvalue weighted by Crippen LogP contribution is 2.52. The summed E-state index contributed by atoms with van der Waals surface area (Å²) >= 11 is 0. The maximum Gasteiger partial charge on any atom is 0.143 e. The van der Waals surface area contributed by atoms with E-state index in [0.717, 1.165) is 60.6 Å². The van der Waals surface area contributed by atoms with Gasteiger partial charge in [0.25, 0.3) is 0 Å². The minimum Gasteiger partial charge on any atom is -0.455 e. The summed E-state index contributed by atoms with van der Waals surface area (Å²) in [6.45, 7) is 0. The average molecular weight is 1240 g/mol. The fourth-order valence-corrected chi connectivity index (χ4v) is 16.3. The van der Waals surface area contributed by atoms with Gasteiger partial charge < -0.3 is 8.83 Å². The quantitative estimate of drug-likeness (QED) is 0.123. The summed E-state index contributed by atoms with van der Waals surface area (Å²) in [5, 5.41) is 26.9. The van der Waals surface area contributed by atoms with Crippen molar-refractivity contribution >= 4 is 141 Å². The van der Waals surface area contributed by atoms with Gasteiger partial charge in [-0.25, -0.2) is 0 Å². The van der Waals surface area contributed by atoms with Gasteiger partial charge in [0.15, 0.2) is 0 Å². The molecule has 0 radical (unpaired) electrons. The number of rotatable bonds is 6. The van der Waals surface area contributed by atoms with Crippen LogP contribution in [0.5, 0.6) is 0 Å². The first-order valence-electron chi connectivity index (χ1n) is 33.8. The van der Waals surface area contributed by atoms with E-state index in [1.165, 1.54) is 147 Å². The van der Waals surface area contributed by atoms with E-state index in [1.54, 1.807) is 0 Å². The number of hydrogen-bond acceptors (Lipinski definition) is 2. The van der Waals surface area contributed by atoms with Crippen molar-refractivity contribution in [2.75, 3.05) is 0 Å². The molecule has 0 spiro atoms. The van der Waals surface area contributed by atoms with Gasteiger partial charge >= 0.3 is 0 Å². The van der Waals surface area contributed by atoms with Gasteiger partial charge in [-0.3, -0.25) is 0 Å². The molecule has 0 saturated heterocycles. The Morgan fingerprint density at radius 1 is 0.153 bits per heavy atom. The highest BCUT2D eigenvalue weighted by molar-refractivity contribution is 6.30. The summed E-state index contributed by atoms with van der Waals surface area (Å²) in [6.07, 6.45) is 0. The Kier molecular flexibility index (Phi) is 12.7. The van der Waals surface area contributed by atoms with Crippen LogP contribution < -0.4 is 0 Å². The molecule has 2 heterocycles. The Morgan fingerprint density at radius 2 is 0.449 bits per heavy atom. The van der Waals surface area contributed by atoms with Crippen LogP contribution in [0.2, 0.25) is 0 Å². The Balaban J connectivity index is 0.000000133. The van der Waals surface area contributed by atoms with E-state index in [1.807, 2.05) is 0 Å². The zero-order valence-corrected chi connectivity index (χ0v) is 53.3. The van der Waals surface area contributed by atoms with Crippen LogP contribution in [0, 0.1) is 0 Å². The fraction of sp³-hybridized carbons (Fsp3) is 0. The molecule has 0 saturated carbocycles. The molecule has 2 heteroatoms. The summed E-state index contributed by atoms with van der Waals surface area (Å²) in [5.41, 5.74) is 18.0. The van der Waals surface area contributed by atoms with E-state index < -0.39 is 0 Å². The number of benzene rings is 19. The Labute approximate surface area is 564 Å². The molecule has 0 atom stereocenters. The first-order chi connectivity index (χ1) is 48.6. The topological polar surface area (TPSA) is 26.3 Å². The zero-order chi connectivity index (χ0) is 64.4. The monoisotopic (exact) mass is 1240 g/mol. The van der Waals surface area contributed by atoms with Crippen LogP contribution in [0.25, 0.3) is 208 Å². The Bertz CT molecular complexity index is 6760. The Morgan fingerprint density at radius 3 is 0.888 bits per heavy atom. The van der Waals surface area contributed by atoms with E-state index in [0.29, 0.717) is 0 Å². The lowest BCUT2D eigenvalue weighted by Crippen LogP contribution is -1.92. The van der Waals surface area contributed by atoms with Gasteiger partial charge in [-0.2, -0.15) is 0 Å². The van der Waals surface area contributed by atoms with Gasteiger partial charge in [-0.05, 0) is 201 Å². The molecule has 0 aliphatic carbocycles. The lowest BCUT2D eigenvalue weighted by atomic mass is 9.83. The number of hydrogen-bond donors (Lipinski definition) is 0. The van der Waals surface area contributed by atoms with Crippen LogP contribution in [-0.2, 0) is 0 Å². The molecule has 0 N–H and O–H groups in total. The molecule has 454 valence electrons. The van der Waals surface area contributed by atoms with Crippen LogP contribution in [0.1, 0.15) is 0 Å². The molecule has 98 heavy (non-hydrogen) atoms. The summed E-state index contributed by atoms with van der Waals surface area (Å²) in [6, 6.07) is 128. The normalized spacial score (nSPS) is 11.9. The van der Waals surface area contributed by atoms with Crippen LogP contribution in [0.15, 0.2) is 361 Å². The van der Waals surface area contributed by atoms with Crippen molar-refractivity contribution in [3.8, 4) is 66.8 Å². The van der Waals surface area contributed by atoms with Gasteiger partial charge in [0.2, 0.25) is 0 Å². The first kappa shape index (κ1) is 55.6. The second kappa shape index (κ2) is 22.4. The SMILES string of the molecule is c1ccc2cc(-c3c4ccccc4c(-c4ccc(-c5cc6ccccc6c6ccccc56)c5oc6ccccc6c45)c4ccccc34)ccc2c1.c1ccc2cc(-c3c4ccccc4c(-c4ccc(-c5ccc6ccccc6c5)c5oc6ccccc6c45)c4ccccc34)ccc2c1. The molecule has 0 aliphatic heterocycles. The summed E-state index contributed by atoms with van der Waals surface area (Å²) in [4.78, 5) is 0. The molecular weight excluding hydrogens is 1190 g/mol. The standard InChI is InChI=1S/C50H30O.C46H28O/c1-2-14-32-29-34(26-25-31(32)13-1)47-38-19-7-9-21-40(38)48(41-22-10-8-20-39(41)47)44-28-27-42(50-49(44)43-23-11-12-24-46(43)51-50)45-30-33-15-3-4-16-35(33)36-17-5-6-18-37(36)45;1-3-13-31-27-33(23-21-29(31)11-1)35-25-26-41(45-40-19-9-10-20-42(40)47-46(35)45)44-38-17-7-5-15-36(38)43(37-16-6-8-18-39(37)44)34-24-22-30-12-2-4-14-32(30)28-34/h1-30H;1-28H. The predicted molar refractivity (Wildman–Crippen MR) is 418 cm³/mol. The van der Waals surface area contributed by atoms with E-state index in [9.17, 15) is 0 Å². The van der Waals surface area contributed by atoms with Crippen LogP contribution >= 0.6 is 0 Å². The molecule has 0 bridgehead atoms. The highest BCUT2D eigenvalue weighted by Gasteiger charge is 2.26. The summed E-state index contributed by atoms with van der Waals surface area (Å²) in [7, 11) is 0. The molecule has 2 nitrogen and oxygen atoms in total. The van der Waals surface area contributed by atoms with Gasteiger partial charge in [-0.15, -0.1) is 0 Å². The highest BCUT2D eigenvalue weighted by atomic mass is 16.3. The first-order valence-corrected chi connectivity index (χ1v) is 33.8. The molecular formula is C96H58O2. The molecule has 21 aromatic rings. The summed E-state index contributed by atoms with van der Waals surface area (Å²) in [5.74, 6) is 0. The van der Waals surface area contributed by atoms with E-state index in [-0.39, 0.29) is 0 Å². The predicted octanol–water partition coefficient (Wildman–Crippen LogP) is 27.6. The summed E-state index contributed by atoms with van der Waals surface area (Å²) < 4.78 is 13.7. The average Bonchev–Trinajstić information content (AvgIpc) is 1.22. The van der Waals surface area contributed by atoms with Gasteiger partial charge in [0, 0.05) is 32.7 Å². The molecule has 0 aliphatic rings. The van der Waals surface area contributed by atoms with Crippen molar-refractivity contribution in [3.63, 3.8) is 0 Å². The number of para-hydroxylation sites is 2. The van der Waals surface area contributed by atoms with Crippen molar-refractivity contribution in [1.29, 1.82) is 0 Å². The van der Waals surface area contributed by atoms with Gasteiger partial charge in [0.1, 0.15) is 22.3 Å². The Hall–Kier alpha value is -12.9. The maximum atomic E-state index is 6.92. The van der Waals surface area contributed by atoms with Gasteiger partial charge in [0.05, 0.1) is 0 Å². The second-order valence-corrected chi connectivity index (χ2v) is 26.0. The number of furan rings is 2. The maximum absolute atomic E-state index is 6.92. The van der Waals surface area contributed by atoms with E-state index in [2.05, 4.69) is 352 Å². The zero-order valence-electron chi connectivity index (χ0n) is 53.3. The van der Waals surface area contributed by atoms with Crippen molar-refractivity contribution in [2.45, 2.75) is 0 Å². The third kappa shape index (κ3) is 8.75. The smallest absolute Gasteiger partial charge is 0.143 e. The van der Waals surface area contributed by atoms with Crippen molar-refractivity contribution < 1.29 is 8.83 Å². The fourth-order valence-electron chi connectivity index (χ4n) is 16.3. The molecule has 2 aromatic heterocycles. The van der Waals surface area contributed by atoms with Gasteiger partial charge in [-0.1, -0.05) is 303 Å². The van der Waals surface area contributed by atoms with Crippen LogP contribution in [0.4, 0.5) is 0 Å². The van der Waals surface area contributed by atoms with Crippen molar-refractivity contribution in [2.24, 2.45) is 0 Å². The van der Waals surface area contributed by atoms with Crippen LogP contribution in [0.3, 0.4) is 0 Å². The molecule has 0 amide bonds. The van der Waals surface area contributed by atoms with Crippen LogP contribution in [-0.4, -0.2) is 0 Å².